The zero-order valence-corrected chi connectivity index (χ0v) is 20.6. The number of amides is 2. The van der Waals surface area contributed by atoms with E-state index in [0.717, 1.165) is 24.0 Å². The molecule has 1 aromatic heterocycles. The average molecular weight is 497 g/mol. The van der Waals surface area contributed by atoms with Gasteiger partial charge < -0.3 is 19.8 Å². The van der Waals surface area contributed by atoms with Crippen LogP contribution in [0.2, 0.25) is 0 Å². The van der Waals surface area contributed by atoms with Crippen molar-refractivity contribution in [3.8, 4) is 17.1 Å². The summed E-state index contributed by atoms with van der Waals surface area (Å²) < 4.78 is 11.7. The lowest BCUT2D eigenvalue weighted by Gasteiger charge is -2.11. The molecule has 1 saturated carbocycles. The molecule has 0 radical (unpaired) electrons. The number of rotatable bonds is 9. The molecule has 0 unspecified atom stereocenters. The van der Waals surface area contributed by atoms with Crippen molar-refractivity contribution in [1.82, 2.24) is 10.6 Å². The molecular formula is C30H28N2O5. The Balaban J connectivity index is 1.23. The molecule has 4 aromatic rings. The summed E-state index contributed by atoms with van der Waals surface area (Å²) >= 11 is 0. The number of hydrogen-bond donors (Lipinski definition) is 2. The molecule has 0 bridgehead atoms. The summed E-state index contributed by atoms with van der Waals surface area (Å²) in [6.07, 6.45) is 2.69. The van der Waals surface area contributed by atoms with E-state index in [-0.39, 0.29) is 29.4 Å². The summed E-state index contributed by atoms with van der Waals surface area (Å²) in [5.41, 5.74) is 2.75. The van der Waals surface area contributed by atoms with Gasteiger partial charge in [0, 0.05) is 23.7 Å². The third-order valence-corrected chi connectivity index (χ3v) is 6.36. The molecule has 2 N–H and O–H groups in total. The highest BCUT2D eigenvalue weighted by atomic mass is 16.5. The van der Waals surface area contributed by atoms with E-state index in [2.05, 4.69) is 10.6 Å². The fraction of sp³-hybridized carbons (Fsp3) is 0.233. The average Bonchev–Trinajstić information content (AvgIpc) is 3.74. The Morgan fingerprint density at radius 3 is 2.46 bits per heavy atom. The van der Waals surface area contributed by atoms with Gasteiger partial charge in [-0.3, -0.25) is 14.4 Å². The third kappa shape index (κ3) is 5.72. The van der Waals surface area contributed by atoms with Gasteiger partial charge in [0.25, 0.3) is 11.8 Å². The Morgan fingerprint density at radius 1 is 0.973 bits per heavy atom. The Kier molecular flexibility index (Phi) is 7.03. The van der Waals surface area contributed by atoms with Crippen LogP contribution < -0.4 is 20.8 Å². The van der Waals surface area contributed by atoms with Crippen molar-refractivity contribution < 1.29 is 18.7 Å². The number of carbonyl (C=O) groups is 2. The van der Waals surface area contributed by atoms with E-state index in [4.69, 9.17) is 9.15 Å². The first-order valence-electron chi connectivity index (χ1n) is 12.4. The summed E-state index contributed by atoms with van der Waals surface area (Å²) in [6, 6.07) is 22.2. The van der Waals surface area contributed by atoms with Gasteiger partial charge in [0.1, 0.15) is 11.5 Å². The van der Waals surface area contributed by atoms with Crippen LogP contribution in [-0.2, 0) is 11.2 Å². The Labute approximate surface area is 214 Å². The number of nitrogens with one attached hydrogen (secondary N) is 2. The molecule has 0 aliphatic heterocycles. The van der Waals surface area contributed by atoms with Gasteiger partial charge in [-0.15, -0.1) is 0 Å². The van der Waals surface area contributed by atoms with Crippen molar-refractivity contribution in [2.24, 2.45) is 0 Å². The first-order chi connectivity index (χ1) is 18.0. The van der Waals surface area contributed by atoms with Crippen LogP contribution in [0.5, 0.6) is 5.75 Å². The molecule has 0 saturated heterocycles. The fourth-order valence-electron chi connectivity index (χ4n) is 4.17. The number of para-hydroxylation sites is 1. The van der Waals surface area contributed by atoms with Crippen molar-refractivity contribution in [2.45, 2.75) is 32.2 Å². The maximum absolute atomic E-state index is 13.0. The van der Waals surface area contributed by atoms with Gasteiger partial charge in [0.2, 0.25) is 0 Å². The predicted molar refractivity (Wildman–Crippen MR) is 142 cm³/mol. The molecule has 188 valence electrons. The Morgan fingerprint density at radius 2 is 1.73 bits per heavy atom. The van der Waals surface area contributed by atoms with Crippen LogP contribution in [0.15, 0.2) is 82.0 Å². The van der Waals surface area contributed by atoms with Gasteiger partial charge in [0.05, 0.1) is 10.9 Å². The quantitative estimate of drug-likeness (QED) is 0.358. The van der Waals surface area contributed by atoms with Crippen molar-refractivity contribution in [3.63, 3.8) is 0 Å². The molecular weight excluding hydrogens is 468 g/mol. The van der Waals surface area contributed by atoms with Gasteiger partial charge in [-0.2, -0.15) is 0 Å². The minimum Gasteiger partial charge on any atom is -0.484 e. The van der Waals surface area contributed by atoms with Gasteiger partial charge >= 0.3 is 0 Å². The summed E-state index contributed by atoms with van der Waals surface area (Å²) in [6.45, 7) is 2.14. The van der Waals surface area contributed by atoms with E-state index in [0.29, 0.717) is 47.0 Å². The third-order valence-electron chi connectivity index (χ3n) is 6.36. The lowest BCUT2D eigenvalue weighted by molar-refractivity contribution is -0.123. The smallest absolute Gasteiger partial charge is 0.258 e. The monoisotopic (exact) mass is 496 g/mol. The molecule has 2 amide bonds. The molecule has 37 heavy (non-hydrogen) atoms. The maximum Gasteiger partial charge on any atom is 0.258 e. The van der Waals surface area contributed by atoms with Crippen LogP contribution >= 0.6 is 0 Å². The molecule has 1 fully saturated rings. The van der Waals surface area contributed by atoms with Crippen molar-refractivity contribution in [3.05, 3.63) is 99.7 Å². The first kappa shape index (κ1) is 24.3. The highest BCUT2D eigenvalue weighted by Gasteiger charge is 2.23. The van der Waals surface area contributed by atoms with E-state index < -0.39 is 0 Å². The van der Waals surface area contributed by atoms with E-state index in [1.165, 1.54) is 0 Å². The fourth-order valence-corrected chi connectivity index (χ4v) is 4.17. The molecule has 7 nitrogen and oxygen atoms in total. The summed E-state index contributed by atoms with van der Waals surface area (Å²) in [5.74, 6) is 0.669. The summed E-state index contributed by atoms with van der Waals surface area (Å²) in [5, 5.41) is 6.19. The van der Waals surface area contributed by atoms with Crippen LogP contribution in [0.3, 0.4) is 0 Å². The Hall–Kier alpha value is -4.39. The van der Waals surface area contributed by atoms with Crippen molar-refractivity contribution in [1.29, 1.82) is 0 Å². The SMILES string of the molecule is Cc1c(-c2ccccc2)oc2c(C(=O)NCCc3ccc(OCC(=O)NC4CC4)cc3)cccc2c1=O. The molecule has 5 rings (SSSR count). The molecule has 1 heterocycles. The molecule has 0 spiro atoms. The highest BCUT2D eigenvalue weighted by molar-refractivity contribution is 6.05. The topological polar surface area (TPSA) is 97.6 Å². The second kappa shape index (κ2) is 10.7. The number of fused-ring (bicyclic) bond motifs is 1. The second-order valence-electron chi connectivity index (χ2n) is 9.21. The molecule has 7 heteroatoms. The number of ether oxygens (including phenoxy) is 1. The van der Waals surface area contributed by atoms with Crippen molar-refractivity contribution >= 4 is 22.8 Å². The lowest BCUT2D eigenvalue weighted by atomic mass is 10.0. The van der Waals surface area contributed by atoms with Gasteiger partial charge in [-0.05, 0) is 56.0 Å². The van der Waals surface area contributed by atoms with Crippen LogP contribution in [0.25, 0.3) is 22.3 Å². The second-order valence-corrected chi connectivity index (χ2v) is 9.21. The minimum absolute atomic E-state index is 0.00141. The van der Waals surface area contributed by atoms with Crippen molar-refractivity contribution in [2.75, 3.05) is 13.2 Å². The van der Waals surface area contributed by atoms with Gasteiger partial charge in [0.15, 0.2) is 17.6 Å². The maximum atomic E-state index is 13.0. The van der Waals surface area contributed by atoms with Gasteiger partial charge in [-0.1, -0.05) is 48.5 Å². The van der Waals surface area contributed by atoms with Crippen LogP contribution in [0.4, 0.5) is 0 Å². The zero-order chi connectivity index (χ0) is 25.8. The normalized spacial score (nSPS) is 12.8. The lowest BCUT2D eigenvalue weighted by Crippen LogP contribution is -2.30. The first-order valence-corrected chi connectivity index (χ1v) is 12.4. The molecule has 3 aromatic carbocycles. The van der Waals surface area contributed by atoms with Gasteiger partial charge in [-0.25, -0.2) is 0 Å². The number of hydrogen-bond acceptors (Lipinski definition) is 5. The molecule has 0 atom stereocenters. The van der Waals surface area contributed by atoms with Crippen LogP contribution in [-0.4, -0.2) is 31.0 Å². The Bertz CT molecular complexity index is 1490. The zero-order valence-electron chi connectivity index (χ0n) is 20.6. The van der Waals surface area contributed by atoms with E-state index in [1.807, 2.05) is 54.6 Å². The van der Waals surface area contributed by atoms with Crippen LogP contribution in [0.1, 0.15) is 34.3 Å². The number of carbonyl (C=O) groups excluding carboxylic acids is 2. The van der Waals surface area contributed by atoms with E-state index in [1.54, 1.807) is 25.1 Å². The standard InChI is InChI=1S/C30H28N2O5/c1-19-27(34)24-8-5-9-25(29(24)37-28(19)21-6-3-2-4-7-21)30(35)31-17-16-20-10-14-23(15-11-20)36-18-26(33)32-22-12-13-22/h2-11,14-15,22H,12-13,16-18H2,1H3,(H,31,35)(H,32,33). The summed E-state index contributed by atoms with van der Waals surface area (Å²) in [4.78, 5) is 37.8. The van der Waals surface area contributed by atoms with E-state index >= 15 is 0 Å². The predicted octanol–water partition coefficient (Wildman–Crippen LogP) is 4.40. The number of benzene rings is 3. The molecule has 1 aliphatic carbocycles. The summed E-state index contributed by atoms with van der Waals surface area (Å²) in [7, 11) is 0. The largest absolute Gasteiger partial charge is 0.484 e. The van der Waals surface area contributed by atoms with Crippen LogP contribution in [0, 0.1) is 6.92 Å². The highest BCUT2D eigenvalue weighted by Crippen LogP contribution is 2.27. The molecule has 1 aliphatic rings. The van der Waals surface area contributed by atoms with E-state index in [9.17, 15) is 14.4 Å². The minimum atomic E-state index is -0.307.